The number of fused-ring (bicyclic) bond motifs is 1. The van der Waals surface area contributed by atoms with Crippen molar-refractivity contribution < 1.29 is 18.0 Å². The molecule has 0 saturated carbocycles. The Balaban J connectivity index is 2.53. The minimum Gasteiger partial charge on any atom is -0.299 e. The fourth-order valence-corrected chi connectivity index (χ4v) is 1.85. The highest BCUT2D eigenvalue weighted by Crippen LogP contribution is 2.34. The van der Waals surface area contributed by atoms with E-state index in [0.29, 0.717) is 5.69 Å². The Morgan fingerprint density at radius 3 is 2.60 bits per heavy atom. The van der Waals surface area contributed by atoms with Crippen molar-refractivity contribution in [2.24, 2.45) is 7.05 Å². The quantitative estimate of drug-likeness (QED) is 0.661. The zero-order valence-corrected chi connectivity index (χ0v) is 8.06. The zero-order chi connectivity index (χ0) is 11.2. The molecule has 0 saturated heterocycles. The molecule has 0 bridgehead atoms. The first-order chi connectivity index (χ1) is 6.89. The summed E-state index contributed by atoms with van der Waals surface area (Å²) in [4.78, 5) is 11.1. The summed E-state index contributed by atoms with van der Waals surface area (Å²) in [6, 6.07) is 0. The lowest BCUT2D eigenvalue weighted by Gasteiger charge is -2.12. The molecule has 82 valence electrons. The van der Waals surface area contributed by atoms with Gasteiger partial charge in [-0.1, -0.05) is 0 Å². The largest absolute Gasteiger partial charge is 0.435 e. The third-order valence-electron chi connectivity index (χ3n) is 2.56. The highest BCUT2D eigenvalue weighted by atomic mass is 19.4. The number of rotatable bonds is 0. The van der Waals surface area contributed by atoms with E-state index in [-0.39, 0.29) is 30.6 Å². The summed E-state index contributed by atoms with van der Waals surface area (Å²) in [5.41, 5.74) is -0.254. The monoisotopic (exact) mass is 218 g/mol. The molecule has 0 amide bonds. The summed E-state index contributed by atoms with van der Waals surface area (Å²) in [5.74, 6) is -0.0285. The van der Waals surface area contributed by atoms with E-state index < -0.39 is 11.9 Å². The maximum absolute atomic E-state index is 12.5. The van der Waals surface area contributed by atoms with Gasteiger partial charge in [-0.15, -0.1) is 0 Å². The summed E-state index contributed by atoms with van der Waals surface area (Å²) in [6.07, 6.45) is -4.03. The van der Waals surface area contributed by atoms with E-state index in [4.69, 9.17) is 0 Å². The minimum absolute atomic E-state index is 0.0285. The smallest absolute Gasteiger partial charge is 0.299 e. The van der Waals surface area contributed by atoms with E-state index in [2.05, 4.69) is 5.10 Å². The number of hydrogen-bond acceptors (Lipinski definition) is 2. The SMILES string of the molecule is Cn1nc(C(F)(F)F)c2c1CC(=O)CC2. The molecule has 0 spiro atoms. The first-order valence-electron chi connectivity index (χ1n) is 4.53. The number of carbonyl (C=O) groups excluding carboxylic acids is 1. The van der Waals surface area contributed by atoms with Gasteiger partial charge in [0, 0.05) is 31.1 Å². The number of carbonyl (C=O) groups is 1. The van der Waals surface area contributed by atoms with Gasteiger partial charge in [0.25, 0.3) is 0 Å². The van der Waals surface area contributed by atoms with Crippen LogP contribution in [0.15, 0.2) is 0 Å². The normalized spacial score (nSPS) is 16.7. The predicted octanol–water partition coefficient (Wildman–Crippen LogP) is 1.50. The first-order valence-corrected chi connectivity index (χ1v) is 4.53. The Kier molecular flexibility index (Phi) is 2.09. The second-order valence-corrected chi connectivity index (χ2v) is 3.61. The Morgan fingerprint density at radius 2 is 2.00 bits per heavy atom. The van der Waals surface area contributed by atoms with Crippen LogP contribution >= 0.6 is 0 Å². The zero-order valence-electron chi connectivity index (χ0n) is 8.06. The van der Waals surface area contributed by atoms with Crippen LogP contribution in [0.5, 0.6) is 0 Å². The van der Waals surface area contributed by atoms with Gasteiger partial charge in [-0.2, -0.15) is 18.3 Å². The number of halogens is 3. The summed E-state index contributed by atoms with van der Waals surface area (Å²) < 4.78 is 38.7. The van der Waals surface area contributed by atoms with Crippen LogP contribution in [-0.2, 0) is 30.9 Å². The molecule has 1 aromatic heterocycles. The van der Waals surface area contributed by atoms with Gasteiger partial charge in [-0.3, -0.25) is 9.48 Å². The first kappa shape index (κ1) is 10.2. The van der Waals surface area contributed by atoms with Crippen molar-refractivity contribution in [2.75, 3.05) is 0 Å². The van der Waals surface area contributed by atoms with Crippen molar-refractivity contribution >= 4 is 5.78 Å². The molecule has 0 aromatic carbocycles. The van der Waals surface area contributed by atoms with E-state index in [1.54, 1.807) is 0 Å². The average Bonchev–Trinajstić information content (AvgIpc) is 2.43. The van der Waals surface area contributed by atoms with Crippen LogP contribution in [0.1, 0.15) is 23.4 Å². The second-order valence-electron chi connectivity index (χ2n) is 3.61. The number of alkyl halides is 3. The number of aromatic nitrogens is 2. The topological polar surface area (TPSA) is 34.9 Å². The molecular formula is C9H9F3N2O. The molecule has 0 atom stereocenters. The van der Waals surface area contributed by atoms with Gasteiger partial charge in [0.2, 0.25) is 0 Å². The molecule has 0 unspecified atom stereocenters. The summed E-state index contributed by atoms with van der Waals surface area (Å²) >= 11 is 0. The molecule has 1 aliphatic rings. The molecule has 0 aliphatic heterocycles. The van der Waals surface area contributed by atoms with Crippen molar-refractivity contribution in [3.05, 3.63) is 17.0 Å². The second kappa shape index (κ2) is 3.08. The van der Waals surface area contributed by atoms with Crippen LogP contribution in [0.3, 0.4) is 0 Å². The standard InChI is InChI=1S/C9H9F3N2O/c1-14-7-4-5(15)2-3-6(7)8(13-14)9(10,11)12/h2-4H2,1H3. The Labute approximate surface area is 83.9 Å². The molecule has 1 aromatic rings. The van der Waals surface area contributed by atoms with Crippen molar-refractivity contribution in [3.63, 3.8) is 0 Å². The highest BCUT2D eigenvalue weighted by molar-refractivity contribution is 5.82. The van der Waals surface area contributed by atoms with Crippen LogP contribution < -0.4 is 0 Å². The number of hydrogen-bond donors (Lipinski definition) is 0. The third-order valence-corrected chi connectivity index (χ3v) is 2.56. The Bertz CT molecular complexity index is 420. The van der Waals surface area contributed by atoms with E-state index in [1.165, 1.54) is 7.05 Å². The van der Waals surface area contributed by atoms with Gasteiger partial charge in [-0.05, 0) is 6.42 Å². The minimum atomic E-state index is -4.42. The molecule has 0 N–H and O–H groups in total. The lowest BCUT2D eigenvalue weighted by atomic mass is 9.94. The van der Waals surface area contributed by atoms with Crippen LogP contribution in [-0.4, -0.2) is 15.6 Å². The van der Waals surface area contributed by atoms with Gasteiger partial charge < -0.3 is 0 Å². The summed E-state index contributed by atoms with van der Waals surface area (Å²) in [7, 11) is 1.44. The summed E-state index contributed by atoms with van der Waals surface area (Å²) in [5, 5.41) is 3.44. The van der Waals surface area contributed by atoms with Crippen molar-refractivity contribution in [1.82, 2.24) is 9.78 Å². The van der Waals surface area contributed by atoms with Crippen LogP contribution in [0.4, 0.5) is 13.2 Å². The third kappa shape index (κ3) is 1.64. The van der Waals surface area contributed by atoms with E-state index in [1.807, 2.05) is 0 Å². The van der Waals surface area contributed by atoms with Crippen molar-refractivity contribution in [2.45, 2.75) is 25.4 Å². The van der Waals surface area contributed by atoms with Crippen LogP contribution in [0, 0.1) is 0 Å². The average molecular weight is 218 g/mol. The molecular weight excluding hydrogens is 209 g/mol. The number of Topliss-reactive ketones (excluding diaryl/α,β-unsaturated/α-hetero) is 1. The van der Waals surface area contributed by atoms with E-state index in [9.17, 15) is 18.0 Å². The fraction of sp³-hybridized carbons (Fsp3) is 0.556. The molecule has 15 heavy (non-hydrogen) atoms. The number of aryl methyl sites for hydroxylation is 1. The molecule has 0 fully saturated rings. The van der Waals surface area contributed by atoms with Gasteiger partial charge in [0.15, 0.2) is 5.69 Å². The highest BCUT2D eigenvalue weighted by Gasteiger charge is 2.39. The fourth-order valence-electron chi connectivity index (χ4n) is 1.85. The van der Waals surface area contributed by atoms with E-state index in [0.717, 1.165) is 4.68 Å². The number of nitrogens with zero attached hydrogens (tertiary/aromatic N) is 2. The summed E-state index contributed by atoms with van der Waals surface area (Å²) in [6.45, 7) is 0. The van der Waals surface area contributed by atoms with Gasteiger partial charge in [-0.25, -0.2) is 0 Å². The molecule has 2 rings (SSSR count). The van der Waals surface area contributed by atoms with Crippen molar-refractivity contribution in [3.8, 4) is 0 Å². The molecule has 1 heterocycles. The Hall–Kier alpha value is -1.33. The lowest BCUT2D eigenvalue weighted by molar-refractivity contribution is -0.142. The molecule has 1 aliphatic carbocycles. The Morgan fingerprint density at radius 1 is 1.33 bits per heavy atom. The van der Waals surface area contributed by atoms with Crippen LogP contribution in [0.25, 0.3) is 0 Å². The van der Waals surface area contributed by atoms with Gasteiger partial charge in [0.05, 0.1) is 0 Å². The van der Waals surface area contributed by atoms with Gasteiger partial charge in [0.1, 0.15) is 5.78 Å². The van der Waals surface area contributed by atoms with Crippen molar-refractivity contribution in [1.29, 1.82) is 0 Å². The lowest BCUT2D eigenvalue weighted by Crippen LogP contribution is -2.17. The van der Waals surface area contributed by atoms with Crippen LogP contribution in [0.2, 0.25) is 0 Å². The molecule has 0 radical (unpaired) electrons. The molecule has 6 heteroatoms. The maximum atomic E-state index is 12.5. The maximum Gasteiger partial charge on any atom is 0.435 e. The number of ketones is 1. The van der Waals surface area contributed by atoms with Gasteiger partial charge >= 0.3 is 6.18 Å². The van der Waals surface area contributed by atoms with E-state index >= 15 is 0 Å². The predicted molar refractivity (Wildman–Crippen MR) is 45.2 cm³/mol. The molecule has 3 nitrogen and oxygen atoms in total.